The molecular formula is C18H20N2O. The molecule has 108 valence electrons. The Hall–Kier alpha value is -2.29. The number of rotatable bonds is 3. The summed E-state index contributed by atoms with van der Waals surface area (Å²) in [6, 6.07) is 12.3. The van der Waals surface area contributed by atoms with Gasteiger partial charge in [-0.25, -0.2) is 4.98 Å². The van der Waals surface area contributed by atoms with Crippen LogP contribution in [0.1, 0.15) is 35.5 Å². The molecule has 0 aliphatic heterocycles. The van der Waals surface area contributed by atoms with E-state index < -0.39 is 0 Å². The van der Waals surface area contributed by atoms with Crippen molar-refractivity contribution < 1.29 is 4.74 Å². The summed E-state index contributed by atoms with van der Waals surface area (Å²) in [6.45, 7) is 8.29. The van der Waals surface area contributed by atoms with E-state index >= 15 is 0 Å². The quantitative estimate of drug-likeness (QED) is 0.759. The predicted octanol–water partition coefficient (Wildman–Crippen LogP) is 4.63. The molecule has 2 aromatic carbocycles. The molecule has 3 nitrogen and oxygen atoms in total. The summed E-state index contributed by atoms with van der Waals surface area (Å²) in [5.41, 5.74) is 5.77. The predicted molar refractivity (Wildman–Crippen MR) is 85.8 cm³/mol. The number of hydrogen-bond donors (Lipinski definition) is 1. The SMILES string of the molecule is Cc1cccc(O[C@@H](C)c2nc3cc(C)c(C)cc3[nH]2)c1. The van der Waals surface area contributed by atoms with Crippen molar-refractivity contribution >= 4 is 11.0 Å². The Labute approximate surface area is 125 Å². The van der Waals surface area contributed by atoms with Gasteiger partial charge in [0.1, 0.15) is 11.6 Å². The topological polar surface area (TPSA) is 37.9 Å². The second-order valence-corrected chi connectivity index (χ2v) is 5.65. The highest BCUT2D eigenvalue weighted by atomic mass is 16.5. The molecule has 3 aromatic rings. The zero-order chi connectivity index (χ0) is 15.0. The second kappa shape index (κ2) is 5.24. The first-order chi connectivity index (χ1) is 10.0. The standard InChI is InChI=1S/C18H20N2O/c1-11-6-5-7-15(8-11)21-14(4)18-19-16-9-12(2)13(3)10-17(16)20-18/h5-10,14H,1-4H3,(H,19,20)/t14-/m0/s1. The Morgan fingerprint density at radius 1 is 1.05 bits per heavy atom. The van der Waals surface area contributed by atoms with Crippen molar-refractivity contribution in [2.75, 3.05) is 0 Å². The number of imidazole rings is 1. The molecule has 0 radical (unpaired) electrons. The molecule has 0 fully saturated rings. The van der Waals surface area contributed by atoms with Crippen LogP contribution in [-0.4, -0.2) is 9.97 Å². The van der Waals surface area contributed by atoms with E-state index in [-0.39, 0.29) is 6.10 Å². The van der Waals surface area contributed by atoms with Crippen LogP contribution in [0.15, 0.2) is 36.4 Å². The molecular weight excluding hydrogens is 260 g/mol. The van der Waals surface area contributed by atoms with E-state index in [1.807, 2.05) is 25.1 Å². The molecule has 0 aliphatic rings. The van der Waals surface area contributed by atoms with E-state index in [1.165, 1.54) is 16.7 Å². The molecule has 1 aromatic heterocycles. The summed E-state index contributed by atoms with van der Waals surface area (Å²) in [7, 11) is 0. The summed E-state index contributed by atoms with van der Waals surface area (Å²) < 4.78 is 5.98. The normalized spacial score (nSPS) is 12.6. The van der Waals surface area contributed by atoms with Crippen LogP contribution < -0.4 is 4.74 Å². The van der Waals surface area contributed by atoms with Gasteiger partial charge in [-0.05, 0) is 68.7 Å². The highest BCUT2D eigenvalue weighted by Gasteiger charge is 2.13. The van der Waals surface area contributed by atoms with Gasteiger partial charge in [0.25, 0.3) is 0 Å². The molecule has 0 amide bonds. The molecule has 1 heterocycles. The van der Waals surface area contributed by atoms with Gasteiger partial charge in [0, 0.05) is 0 Å². The van der Waals surface area contributed by atoms with Gasteiger partial charge in [0.05, 0.1) is 11.0 Å². The molecule has 0 spiro atoms. The first-order valence-electron chi connectivity index (χ1n) is 7.23. The lowest BCUT2D eigenvalue weighted by molar-refractivity contribution is 0.218. The van der Waals surface area contributed by atoms with E-state index in [4.69, 9.17) is 4.74 Å². The highest BCUT2D eigenvalue weighted by Crippen LogP contribution is 2.24. The number of nitrogens with one attached hydrogen (secondary N) is 1. The molecule has 1 N–H and O–H groups in total. The first kappa shape index (κ1) is 13.7. The molecule has 3 rings (SSSR count). The molecule has 0 bridgehead atoms. The number of aromatic nitrogens is 2. The minimum absolute atomic E-state index is 0.111. The molecule has 21 heavy (non-hydrogen) atoms. The fourth-order valence-electron chi connectivity index (χ4n) is 2.43. The van der Waals surface area contributed by atoms with Gasteiger partial charge in [-0.1, -0.05) is 12.1 Å². The lowest BCUT2D eigenvalue weighted by atomic mass is 10.1. The van der Waals surface area contributed by atoms with Crippen LogP contribution in [0.5, 0.6) is 5.75 Å². The maximum Gasteiger partial charge on any atom is 0.153 e. The number of benzene rings is 2. The Kier molecular flexibility index (Phi) is 3.42. The molecule has 0 saturated carbocycles. The van der Waals surface area contributed by atoms with Gasteiger partial charge in [-0.15, -0.1) is 0 Å². The van der Waals surface area contributed by atoms with Gasteiger partial charge in [0.2, 0.25) is 0 Å². The maximum absolute atomic E-state index is 5.98. The summed E-state index contributed by atoms with van der Waals surface area (Å²) in [4.78, 5) is 8.01. The van der Waals surface area contributed by atoms with Gasteiger partial charge in [0.15, 0.2) is 6.10 Å². The zero-order valence-corrected chi connectivity index (χ0v) is 12.9. The van der Waals surface area contributed by atoms with Crippen molar-refractivity contribution in [2.24, 2.45) is 0 Å². The van der Waals surface area contributed by atoms with E-state index in [0.29, 0.717) is 0 Å². The lowest BCUT2D eigenvalue weighted by Crippen LogP contribution is -2.05. The van der Waals surface area contributed by atoms with Crippen LogP contribution in [0.3, 0.4) is 0 Å². The summed E-state index contributed by atoms with van der Waals surface area (Å²) in [6.07, 6.45) is -0.111. The third-order valence-corrected chi connectivity index (χ3v) is 3.80. The molecule has 1 atom stereocenters. The molecule has 3 heteroatoms. The van der Waals surface area contributed by atoms with E-state index in [9.17, 15) is 0 Å². The summed E-state index contributed by atoms with van der Waals surface area (Å²) in [5.74, 6) is 1.73. The Bertz CT molecular complexity index is 750. The number of hydrogen-bond acceptors (Lipinski definition) is 2. The fourth-order valence-corrected chi connectivity index (χ4v) is 2.43. The fraction of sp³-hybridized carbons (Fsp3) is 0.278. The van der Waals surface area contributed by atoms with Gasteiger partial charge < -0.3 is 9.72 Å². The monoisotopic (exact) mass is 280 g/mol. The Morgan fingerprint density at radius 3 is 2.57 bits per heavy atom. The van der Waals surface area contributed by atoms with Gasteiger partial charge >= 0.3 is 0 Å². The van der Waals surface area contributed by atoms with Crippen LogP contribution in [-0.2, 0) is 0 Å². The number of fused-ring (bicyclic) bond motifs is 1. The maximum atomic E-state index is 5.98. The Balaban J connectivity index is 1.89. The van der Waals surface area contributed by atoms with E-state index in [0.717, 1.165) is 22.6 Å². The Morgan fingerprint density at radius 2 is 1.81 bits per heavy atom. The second-order valence-electron chi connectivity index (χ2n) is 5.65. The number of aromatic amines is 1. The van der Waals surface area contributed by atoms with E-state index in [2.05, 4.69) is 48.9 Å². The van der Waals surface area contributed by atoms with Crippen molar-refractivity contribution in [2.45, 2.75) is 33.8 Å². The lowest BCUT2D eigenvalue weighted by Gasteiger charge is -2.12. The van der Waals surface area contributed by atoms with Gasteiger partial charge in [-0.3, -0.25) is 0 Å². The number of H-pyrrole nitrogens is 1. The van der Waals surface area contributed by atoms with Crippen LogP contribution >= 0.6 is 0 Å². The molecule has 0 unspecified atom stereocenters. The zero-order valence-electron chi connectivity index (χ0n) is 12.9. The molecule has 0 saturated heterocycles. The van der Waals surface area contributed by atoms with Crippen LogP contribution in [0.2, 0.25) is 0 Å². The van der Waals surface area contributed by atoms with Crippen LogP contribution in [0, 0.1) is 20.8 Å². The third kappa shape index (κ3) is 2.77. The summed E-state index contributed by atoms with van der Waals surface area (Å²) in [5, 5.41) is 0. The van der Waals surface area contributed by atoms with Crippen molar-refractivity contribution in [1.29, 1.82) is 0 Å². The van der Waals surface area contributed by atoms with E-state index in [1.54, 1.807) is 0 Å². The number of ether oxygens (including phenoxy) is 1. The number of aryl methyl sites for hydroxylation is 3. The van der Waals surface area contributed by atoms with Crippen LogP contribution in [0.4, 0.5) is 0 Å². The molecule has 0 aliphatic carbocycles. The van der Waals surface area contributed by atoms with Crippen molar-refractivity contribution in [3.8, 4) is 5.75 Å². The van der Waals surface area contributed by atoms with Crippen molar-refractivity contribution in [3.05, 3.63) is 58.9 Å². The van der Waals surface area contributed by atoms with Crippen LogP contribution in [0.25, 0.3) is 11.0 Å². The highest BCUT2D eigenvalue weighted by molar-refractivity contribution is 5.77. The number of nitrogens with zero attached hydrogens (tertiary/aromatic N) is 1. The largest absolute Gasteiger partial charge is 0.483 e. The summed E-state index contributed by atoms with van der Waals surface area (Å²) >= 11 is 0. The average Bonchev–Trinajstić information content (AvgIpc) is 2.82. The third-order valence-electron chi connectivity index (χ3n) is 3.80. The van der Waals surface area contributed by atoms with Crippen molar-refractivity contribution in [1.82, 2.24) is 9.97 Å². The smallest absolute Gasteiger partial charge is 0.153 e. The minimum atomic E-state index is -0.111. The van der Waals surface area contributed by atoms with Gasteiger partial charge in [-0.2, -0.15) is 0 Å². The van der Waals surface area contributed by atoms with Crippen molar-refractivity contribution in [3.63, 3.8) is 0 Å². The first-order valence-corrected chi connectivity index (χ1v) is 7.23. The average molecular weight is 280 g/mol. The minimum Gasteiger partial charge on any atom is -0.483 e.